The molecule has 1 aromatic heterocycles. The lowest BCUT2D eigenvalue weighted by Crippen LogP contribution is -2.51. The summed E-state index contributed by atoms with van der Waals surface area (Å²) in [6.45, 7) is 0.427. The molecule has 0 spiro atoms. The molecule has 10 heteroatoms. The summed E-state index contributed by atoms with van der Waals surface area (Å²) in [6.07, 6.45) is 2.58. The Balaban J connectivity index is 1.27. The van der Waals surface area contributed by atoms with Crippen molar-refractivity contribution >= 4 is 11.8 Å². The van der Waals surface area contributed by atoms with Crippen LogP contribution in [0.2, 0.25) is 0 Å². The molecule has 9 nitrogen and oxygen atoms in total. The molecular weight excluding hydrogens is 499 g/mol. The molecule has 1 heterocycles. The second kappa shape index (κ2) is 11.1. The Labute approximate surface area is 224 Å². The van der Waals surface area contributed by atoms with Gasteiger partial charge in [0.25, 0.3) is 5.91 Å². The van der Waals surface area contributed by atoms with Gasteiger partial charge in [0.05, 0.1) is 18.0 Å². The van der Waals surface area contributed by atoms with Gasteiger partial charge in [-0.1, -0.05) is 42.5 Å². The Kier molecular flexibility index (Phi) is 7.32. The van der Waals surface area contributed by atoms with Gasteiger partial charge in [-0.15, -0.1) is 5.10 Å². The highest BCUT2D eigenvalue weighted by Gasteiger charge is 2.45. The van der Waals surface area contributed by atoms with E-state index in [9.17, 15) is 19.2 Å². The van der Waals surface area contributed by atoms with Crippen LogP contribution in [-0.4, -0.2) is 38.4 Å². The van der Waals surface area contributed by atoms with Crippen LogP contribution in [-0.2, 0) is 17.8 Å². The third-order valence-electron chi connectivity index (χ3n) is 6.34. The first-order chi connectivity index (χ1) is 18.9. The molecule has 0 radical (unpaired) electrons. The van der Waals surface area contributed by atoms with E-state index in [0.29, 0.717) is 30.9 Å². The van der Waals surface area contributed by atoms with E-state index >= 15 is 0 Å². The average molecular weight is 525 g/mol. The van der Waals surface area contributed by atoms with Gasteiger partial charge in [0.15, 0.2) is 5.69 Å². The lowest BCUT2D eigenvalue weighted by atomic mass is 10.0. The molecule has 5 rings (SSSR count). The largest absolute Gasteiger partial charge is 0.489 e. The Morgan fingerprint density at radius 3 is 2.41 bits per heavy atom. The quantitative estimate of drug-likeness (QED) is 0.328. The van der Waals surface area contributed by atoms with Crippen LogP contribution >= 0.6 is 0 Å². The van der Waals surface area contributed by atoms with Gasteiger partial charge in [0.2, 0.25) is 5.91 Å². The van der Waals surface area contributed by atoms with Crippen LogP contribution in [0.1, 0.15) is 34.5 Å². The first-order valence-electron chi connectivity index (χ1n) is 12.4. The van der Waals surface area contributed by atoms with Crippen molar-refractivity contribution in [2.75, 3.05) is 0 Å². The third kappa shape index (κ3) is 6.45. The topological polar surface area (TPSA) is 122 Å². The summed E-state index contributed by atoms with van der Waals surface area (Å²) in [5, 5.41) is 23.1. The predicted octanol–water partition coefficient (Wildman–Crippen LogP) is 3.50. The molecule has 1 fully saturated rings. The number of halogens is 1. The second-order valence-corrected chi connectivity index (χ2v) is 9.33. The van der Waals surface area contributed by atoms with Crippen molar-refractivity contribution in [3.63, 3.8) is 0 Å². The van der Waals surface area contributed by atoms with Crippen LogP contribution in [0.25, 0.3) is 5.69 Å². The molecule has 0 aliphatic heterocycles. The van der Waals surface area contributed by atoms with E-state index in [1.54, 1.807) is 12.1 Å². The number of hydrogen-bond acceptors (Lipinski definition) is 6. The summed E-state index contributed by atoms with van der Waals surface area (Å²) in [4.78, 5) is 27.4. The summed E-state index contributed by atoms with van der Waals surface area (Å²) in [5.74, 6) is -0.795. The zero-order valence-electron chi connectivity index (χ0n) is 20.9. The van der Waals surface area contributed by atoms with Gasteiger partial charge in [0.1, 0.15) is 29.8 Å². The highest BCUT2D eigenvalue weighted by atomic mass is 19.1. The van der Waals surface area contributed by atoms with Gasteiger partial charge in [-0.2, -0.15) is 15.2 Å². The molecule has 1 saturated carbocycles. The molecule has 196 valence electrons. The summed E-state index contributed by atoms with van der Waals surface area (Å²) in [6, 6.07) is 23.7. The fraction of sp³-hybridized carbons (Fsp3) is 0.207. The van der Waals surface area contributed by atoms with Crippen LogP contribution in [0.5, 0.6) is 5.75 Å². The lowest BCUT2D eigenvalue weighted by Gasteiger charge is -2.20. The molecule has 1 aliphatic rings. The van der Waals surface area contributed by atoms with E-state index in [4.69, 9.17) is 4.74 Å². The molecule has 1 atom stereocenters. The van der Waals surface area contributed by atoms with Gasteiger partial charge < -0.3 is 15.4 Å². The first-order valence-corrected chi connectivity index (χ1v) is 12.4. The minimum atomic E-state index is -0.963. The highest BCUT2D eigenvalue weighted by Crippen LogP contribution is 2.34. The Bertz CT molecular complexity index is 1490. The van der Waals surface area contributed by atoms with Crippen LogP contribution in [0.3, 0.4) is 0 Å². The van der Waals surface area contributed by atoms with Gasteiger partial charge >= 0.3 is 0 Å². The number of nitrogens with one attached hydrogen (secondary N) is 2. The zero-order valence-corrected chi connectivity index (χ0v) is 20.9. The first kappa shape index (κ1) is 25.6. The number of nitriles is 1. The molecule has 0 saturated heterocycles. The van der Waals surface area contributed by atoms with Crippen molar-refractivity contribution in [2.45, 2.75) is 37.5 Å². The van der Waals surface area contributed by atoms with E-state index < -0.39 is 29.2 Å². The molecule has 4 aromatic rings. The summed E-state index contributed by atoms with van der Waals surface area (Å²) in [7, 11) is 0. The van der Waals surface area contributed by atoms with Crippen LogP contribution in [0.15, 0.2) is 85.1 Å². The summed E-state index contributed by atoms with van der Waals surface area (Å²) in [5.41, 5.74) is 1.41. The van der Waals surface area contributed by atoms with Crippen LogP contribution in [0, 0.1) is 17.1 Å². The number of nitrogens with zero attached hydrogens (tertiary/aromatic N) is 4. The molecule has 3 aromatic carbocycles. The maximum absolute atomic E-state index is 13.2. The Hall–Kier alpha value is -5.04. The molecule has 2 N–H and O–H groups in total. The number of ether oxygens (including phenoxy) is 1. The molecule has 2 amide bonds. The monoisotopic (exact) mass is 524 g/mol. The van der Waals surface area contributed by atoms with Gasteiger partial charge in [0, 0.05) is 6.42 Å². The van der Waals surface area contributed by atoms with E-state index in [1.165, 1.54) is 35.3 Å². The number of carbonyl (C=O) groups is 2. The van der Waals surface area contributed by atoms with E-state index in [-0.39, 0.29) is 12.1 Å². The smallest absolute Gasteiger partial charge is 0.274 e. The summed E-state index contributed by atoms with van der Waals surface area (Å²) >= 11 is 0. The maximum Gasteiger partial charge on any atom is 0.274 e. The number of carbonyl (C=O) groups excluding carboxylic acids is 2. The molecular formula is C29H25FN6O3. The molecule has 0 unspecified atom stereocenters. The minimum absolute atomic E-state index is 0.0109. The van der Waals surface area contributed by atoms with Crippen molar-refractivity contribution in [1.29, 1.82) is 5.26 Å². The van der Waals surface area contributed by atoms with Gasteiger partial charge in [-0.3, -0.25) is 9.59 Å². The third-order valence-corrected chi connectivity index (χ3v) is 6.34. The fourth-order valence-electron chi connectivity index (χ4n) is 3.92. The van der Waals surface area contributed by atoms with E-state index in [0.717, 1.165) is 11.1 Å². The SMILES string of the molecule is N#CC1(NC(=O)[C@H](Cc2ccc(OCc3ccccc3)cc2)NC(=O)c2cnn(-c3ccc(F)cc3)n2)CC1. The predicted molar refractivity (Wildman–Crippen MR) is 139 cm³/mol. The van der Waals surface area contributed by atoms with Crippen LogP contribution < -0.4 is 15.4 Å². The highest BCUT2D eigenvalue weighted by molar-refractivity contribution is 5.96. The number of benzene rings is 3. The van der Waals surface area contributed by atoms with E-state index in [2.05, 4.69) is 26.9 Å². The van der Waals surface area contributed by atoms with Gasteiger partial charge in [-0.05, 0) is 60.4 Å². The van der Waals surface area contributed by atoms with Gasteiger partial charge in [-0.25, -0.2) is 4.39 Å². The molecule has 1 aliphatic carbocycles. The normalized spacial score (nSPS) is 14.1. The minimum Gasteiger partial charge on any atom is -0.489 e. The maximum atomic E-state index is 13.2. The number of rotatable bonds is 10. The Morgan fingerprint density at radius 1 is 1.03 bits per heavy atom. The molecule has 39 heavy (non-hydrogen) atoms. The fourth-order valence-corrected chi connectivity index (χ4v) is 3.92. The number of aromatic nitrogens is 3. The Morgan fingerprint density at radius 2 is 1.74 bits per heavy atom. The number of amides is 2. The lowest BCUT2D eigenvalue weighted by molar-refractivity contribution is -0.123. The van der Waals surface area contributed by atoms with E-state index in [1.807, 2.05) is 42.5 Å². The van der Waals surface area contributed by atoms with Crippen LogP contribution in [0.4, 0.5) is 4.39 Å². The number of hydrogen-bond donors (Lipinski definition) is 2. The van der Waals surface area contributed by atoms with Crippen molar-refractivity contribution < 1.29 is 18.7 Å². The average Bonchev–Trinajstić information content (AvgIpc) is 3.55. The van der Waals surface area contributed by atoms with Crippen molar-refractivity contribution in [1.82, 2.24) is 25.6 Å². The van der Waals surface area contributed by atoms with Crippen molar-refractivity contribution in [3.8, 4) is 17.5 Å². The standard InChI is InChI=1S/C29H25FN6O3/c30-22-8-10-23(11-9-22)36-32-17-26(35-36)27(37)33-25(28(38)34-29(19-31)14-15-29)16-20-6-12-24(13-7-20)39-18-21-4-2-1-3-5-21/h1-13,17,25H,14-16,18H2,(H,33,37)(H,34,38)/t25-/m0/s1. The second-order valence-electron chi connectivity index (χ2n) is 9.33. The van der Waals surface area contributed by atoms with Crippen molar-refractivity contribution in [3.05, 3.63) is 108 Å². The molecule has 0 bridgehead atoms. The summed E-state index contributed by atoms with van der Waals surface area (Å²) < 4.78 is 19.1. The zero-order chi connectivity index (χ0) is 27.2. The van der Waals surface area contributed by atoms with Crippen molar-refractivity contribution in [2.24, 2.45) is 0 Å².